The molecule has 0 saturated carbocycles. The third-order valence-electron chi connectivity index (χ3n) is 10.6. The van der Waals surface area contributed by atoms with Crippen LogP contribution in [0.4, 0.5) is 0 Å². The summed E-state index contributed by atoms with van der Waals surface area (Å²) in [6.45, 7) is 2.08. The van der Waals surface area contributed by atoms with Gasteiger partial charge < -0.3 is 9.73 Å². The van der Waals surface area contributed by atoms with Gasteiger partial charge >= 0.3 is 0 Å². The molecule has 8 aromatic carbocycles. The van der Waals surface area contributed by atoms with Gasteiger partial charge in [0.15, 0.2) is 0 Å². The zero-order chi connectivity index (χ0) is 40.4. The van der Waals surface area contributed by atoms with Crippen LogP contribution in [0.15, 0.2) is 229 Å². The molecular weight excluding hydrogens is 717 g/mol. The SMILES string of the molecule is CN/C(=C\C(=C/Cc1cccc2oc3ccc(-c4ccc(-c5cccc(-c6ccccc6)c5)cc4)cc3c12)c1ccccc1)C(=N)c1ccccc1.Cc1ccccc1. The maximum absolute atomic E-state index is 8.93. The molecule has 0 spiro atoms. The highest BCUT2D eigenvalue weighted by Gasteiger charge is 2.14. The Morgan fingerprint density at radius 2 is 1.02 bits per heavy atom. The molecule has 0 fully saturated rings. The molecule has 0 radical (unpaired) electrons. The average Bonchev–Trinajstić information content (AvgIpc) is 3.69. The van der Waals surface area contributed by atoms with Crippen molar-refractivity contribution in [3.05, 3.63) is 246 Å². The Bertz CT molecular complexity index is 2870. The van der Waals surface area contributed by atoms with Gasteiger partial charge in [0.1, 0.15) is 11.2 Å². The molecule has 59 heavy (non-hydrogen) atoms. The number of allylic oxidation sites excluding steroid dienone is 4. The molecule has 1 heterocycles. The summed E-state index contributed by atoms with van der Waals surface area (Å²) in [7, 11) is 1.87. The number of nitrogens with one attached hydrogen (secondary N) is 2. The van der Waals surface area contributed by atoms with Crippen molar-refractivity contribution in [1.82, 2.24) is 5.32 Å². The summed E-state index contributed by atoms with van der Waals surface area (Å²) < 4.78 is 6.39. The Labute approximate surface area is 347 Å². The Morgan fingerprint density at radius 3 is 1.61 bits per heavy atom. The second kappa shape index (κ2) is 18.2. The van der Waals surface area contributed by atoms with E-state index in [4.69, 9.17) is 9.83 Å². The summed E-state index contributed by atoms with van der Waals surface area (Å²) in [4.78, 5) is 0. The van der Waals surface area contributed by atoms with Crippen LogP contribution in [0, 0.1) is 12.3 Å². The number of furan rings is 1. The minimum atomic E-state index is 0.453. The number of hydrogen-bond donors (Lipinski definition) is 2. The van der Waals surface area contributed by atoms with E-state index in [1.54, 1.807) is 0 Å². The van der Waals surface area contributed by atoms with Crippen LogP contribution >= 0.6 is 0 Å². The molecular formula is C56H46N2O. The van der Waals surface area contributed by atoms with Gasteiger partial charge in [-0.3, -0.25) is 5.41 Å². The predicted molar refractivity (Wildman–Crippen MR) is 250 cm³/mol. The lowest BCUT2D eigenvalue weighted by molar-refractivity contribution is 0.669. The van der Waals surface area contributed by atoms with Crippen LogP contribution in [0.3, 0.4) is 0 Å². The number of aryl methyl sites for hydroxylation is 1. The van der Waals surface area contributed by atoms with E-state index in [0.717, 1.165) is 55.5 Å². The van der Waals surface area contributed by atoms with Gasteiger partial charge in [-0.1, -0.05) is 194 Å². The van der Waals surface area contributed by atoms with Crippen molar-refractivity contribution < 1.29 is 4.42 Å². The van der Waals surface area contributed by atoms with Crippen molar-refractivity contribution in [1.29, 1.82) is 5.41 Å². The maximum atomic E-state index is 8.93. The first kappa shape index (κ1) is 38.4. The molecule has 0 amide bonds. The van der Waals surface area contributed by atoms with Crippen molar-refractivity contribution in [2.45, 2.75) is 13.3 Å². The van der Waals surface area contributed by atoms with Crippen LogP contribution in [0.5, 0.6) is 0 Å². The highest BCUT2D eigenvalue weighted by molar-refractivity contribution is 6.11. The van der Waals surface area contributed by atoms with E-state index in [-0.39, 0.29) is 0 Å². The monoisotopic (exact) mass is 762 g/mol. The Balaban J connectivity index is 0.000000628. The van der Waals surface area contributed by atoms with Gasteiger partial charge in [0.05, 0.1) is 11.4 Å². The Kier molecular flexibility index (Phi) is 11.8. The second-order valence-corrected chi connectivity index (χ2v) is 14.6. The average molecular weight is 763 g/mol. The number of rotatable bonds is 10. The molecule has 9 rings (SSSR count). The van der Waals surface area contributed by atoms with Crippen LogP contribution in [0.25, 0.3) is 60.9 Å². The summed E-state index contributed by atoms with van der Waals surface area (Å²) in [5, 5.41) is 14.4. The first-order valence-electron chi connectivity index (χ1n) is 20.1. The number of likely N-dealkylation sites (N-methyl/N-ethyl adjacent to an activating group) is 1. The van der Waals surface area contributed by atoms with Crippen molar-refractivity contribution >= 4 is 33.2 Å². The third-order valence-corrected chi connectivity index (χ3v) is 10.6. The van der Waals surface area contributed by atoms with Gasteiger partial charge in [-0.2, -0.15) is 0 Å². The lowest BCUT2D eigenvalue weighted by Gasteiger charge is -2.12. The predicted octanol–water partition coefficient (Wildman–Crippen LogP) is 14.4. The van der Waals surface area contributed by atoms with Crippen LogP contribution in [0.1, 0.15) is 22.3 Å². The molecule has 0 aliphatic heterocycles. The van der Waals surface area contributed by atoms with Crippen molar-refractivity contribution in [3.63, 3.8) is 0 Å². The molecule has 3 heteroatoms. The molecule has 0 atom stereocenters. The standard InChI is InChI=1S/C49H38N2O.C7H8/c1-51-45(49(50)39-17-9-4-10-18-39)33-43(35-15-7-3-8-16-35)28-27-38-19-12-22-47-48(38)44-32-42(29-30-46(44)52-47)37-25-23-36(24-26-37)41-21-11-20-40(31-41)34-13-5-2-6-14-34;1-7-5-3-2-4-6-7/h2-26,28-33,50-51H,27H2,1H3;2-6H,1H3/b43-28+,45-33-,50-49?;. The van der Waals surface area contributed by atoms with E-state index < -0.39 is 0 Å². The zero-order valence-electron chi connectivity index (χ0n) is 33.4. The summed E-state index contributed by atoms with van der Waals surface area (Å²) in [6, 6.07) is 71.4. The van der Waals surface area contributed by atoms with E-state index in [1.807, 2.05) is 61.6 Å². The highest BCUT2D eigenvalue weighted by atomic mass is 16.3. The molecule has 0 aliphatic rings. The summed E-state index contributed by atoms with van der Waals surface area (Å²) in [6.07, 6.45) is 5.04. The van der Waals surface area contributed by atoms with E-state index >= 15 is 0 Å². The molecule has 1 aromatic heterocycles. The number of hydrogen-bond acceptors (Lipinski definition) is 3. The fourth-order valence-electron chi connectivity index (χ4n) is 7.44. The summed E-state index contributed by atoms with van der Waals surface area (Å²) in [5.41, 5.74) is 15.6. The van der Waals surface area contributed by atoms with Crippen LogP contribution in [-0.4, -0.2) is 12.8 Å². The molecule has 3 nitrogen and oxygen atoms in total. The highest BCUT2D eigenvalue weighted by Crippen LogP contribution is 2.36. The van der Waals surface area contributed by atoms with E-state index in [0.29, 0.717) is 12.1 Å². The van der Waals surface area contributed by atoms with Gasteiger partial charge in [0, 0.05) is 23.4 Å². The largest absolute Gasteiger partial charge is 0.456 e. The molecule has 0 bridgehead atoms. The molecule has 286 valence electrons. The van der Waals surface area contributed by atoms with Crippen molar-refractivity contribution in [2.24, 2.45) is 0 Å². The Hall–Kier alpha value is -7.49. The van der Waals surface area contributed by atoms with Crippen molar-refractivity contribution in [2.75, 3.05) is 7.05 Å². The van der Waals surface area contributed by atoms with Gasteiger partial charge in [0.25, 0.3) is 0 Å². The summed E-state index contributed by atoms with van der Waals surface area (Å²) >= 11 is 0. The smallest absolute Gasteiger partial charge is 0.135 e. The number of fused-ring (bicyclic) bond motifs is 3. The van der Waals surface area contributed by atoms with Crippen molar-refractivity contribution in [3.8, 4) is 33.4 Å². The van der Waals surface area contributed by atoms with E-state index in [1.165, 1.54) is 33.4 Å². The fraction of sp³-hybridized carbons (Fsp3) is 0.0536. The summed E-state index contributed by atoms with van der Waals surface area (Å²) in [5.74, 6) is 0. The van der Waals surface area contributed by atoms with E-state index in [2.05, 4.69) is 176 Å². The second-order valence-electron chi connectivity index (χ2n) is 14.6. The minimum Gasteiger partial charge on any atom is -0.456 e. The van der Waals surface area contributed by atoms with Crippen LogP contribution in [0.2, 0.25) is 0 Å². The maximum Gasteiger partial charge on any atom is 0.135 e. The molecule has 9 aromatic rings. The normalized spacial score (nSPS) is 11.6. The van der Waals surface area contributed by atoms with E-state index in [9.17, 15) is 0 Å². The van der Waals surface area contributed by atoms with Gasteiger partial charge in [0.2, 0.25) is 0 Å². The lowest BCUT2D eigenvalue weighted by atomic mass is 9.95. The van der Waals surface area contributed by atoms with Crippen LogP contribution in [-0.2, 0) is 6.42 Å². The van der Waals surface area contributed by atoms with Gasteiger partial charge in [-0.15, -0.1) is 0 Å². The number of benzene rings is 8. The van der Waals surface area contributed by atoms with Gasteiger partial charge in [-0.05, 0) is 93.8 Å². The fourth-order valence-corrected chi connectivity index (χ4v) is 7.44. The quantitative estimate of drug-likeness (QED) is 0.108. The third kappa shape index (κ3) is 9.06. The van der Waals surface area contributed by atoms with Crippen LogP contribution < -0.4 is 5.32 Å². The first-order chi connectivity index (χ1) is 29.0. The topological polar surface area (TPSA) is 49.0 Å². The molecule has 0 saturated heterocycles. The Morgan fingerprint density at radius 1 is 0.508 bits per heavy atom. The lowest BCUT2D eigenvalue weighted by Crippen LogP contribution is -2.16. The zero-order valence-corrected chi connectivity index (χ0v) is 33.4. The first-order valence-corrected chi connectivity index (χ1v) is 20.1. The molecule has 0 aliphatic carbocycles. The molecule has 0 unspecified atom stereocenters. The van der Waals surface area contributed by atoms with Gasteiger partial charge in [-0.25, -0.2) is 0 Å². The molecule has 2 N–H and O–H groups in total. The minimum absolute atomic E-state index is 0.453.